The van der Waals surface area contributed by atoms with E-state index in [9.17, 15) is 0 Å². The van der Waals surface area contributed by atoms with E-state index in [1.165, 1.54) is 30.4 Å². The van der Waals surface area contributed by atoms with Crippen molar-refractivity contribution < 1.29 is 0 Å². The average Bonchev–Trinajstić information content (AvgIpc) is 3.12. The minimum atomic E-state index is 0.420. The fraction of sp³-hybridized carbons (Fsp3) is 0.529. The van der Waals surface area contributed by atoms with Crippen molar-refractivity contribution in [1.82, 2.24) is 19.6 Å². The zero-order valence-corrected chi connectivity index (χ0v) is 14.8. The number of nitrogens with two attached hydrogens (primary N) is 1. The van der Waals surface area contributed by atoms with E-state index in [-0.39, 0.29) is 0 Å². The molecule has 2 aliphatic carbocycles. The Morgan fingerprint density at radius 2 is 2.09 bits per heavy atom. The van der Waals surface area contributed by atoms with Gasteiger partial charge in [-0.05, 0) is 42.4 Å². The molecular formula is C17H23N5S. The van der Waals surface area contributed by atoms with Crippen molar-refractivity contribution in [3.8, 4) is 5.82 Å². The predicted octanol–water partition coefficient (Wildman–Crippen LogP) is 3.65. The summed E-state index contributed by atoms with van der Waals surface area (Å²) in [5.41, 5.74) is 11.2. The molecule has 122 valence electrons. The molecule has 0 saturated heterocycles. The quantitative estimate of drug-likeness (QED) is 0.870. The molecule has 1 fully saturated rings. The van der Waals surface area contributed by atoms with Crippen LogP contribution >= 0.6 is 11.8 Å². The average molecular weight is 329 g/mol. The van der Waals surface area contributed by atoms with Crippen molar-refractivity contribution in [2.24, 2.45) is 12.5 Å². The normalized spacial score (nSPS) is 23.3. The number of anilines is 1. The topological polar surface area (TPSA) is 61.7 Å². The van der Waals surface area contributed by atoms with Crippen LogP contribution in [0.3, 0.4) is 0 Å². The lowest BCUT2D eigenvalue weighted by molar-refractivity contribution is 0.275. The number of aromatic nitrogens is 4. The van der Waals surface area contributed by atoms with Gasteiger partial charge in [-0.1, -0.05) is 19.4 Å². The predicted molar refractivity (Wildman–Crippen MR) is 94.6 cm³/mol. The van der Waals surface area contributed by atoms with Gasteiger partial charge in [-0.3, -0.25) is 4.68 Å². The Bertz CT molecular complexity index is 800. The van der Waals surface area contributed by atoms with Gasteiger partial charge in [0.05, 0.1) is 5.56 Å². The minimum absolute atomic E-state index is 0.420. The number of rotatable bonds is 4. The maximum atomic E-state index is 6.53. The Morgan fingerprint density at radius 3 is 2.65 bits per heavy atom. The molecule has 0 spiro atoms. The van der Waals surface area contributed by atoms with Gasteiger partial charge < -0.3 is 5.73 Å². The Hall–Kier alpha value is -1.69. The maximum Gasteiger partial charge on any atom is 0.177 e. The fourth-order valence-corrected chi connectivity index (χ4v) is 4.70. The third-order valence-electron chi connectivity index (χ3n) is 5.33. The first-order valence-electron chi connectivity index (χ1n) is 8.27. The second-order valence-corrected chi connectivity index (χ2v) is 8.03. The van der Waals surface area contributed by atoms with Crippen LogP contribution in [0, 0.1) is 5.41 Å². The summed E-state index contributed by atoms with van der Waals surface area (Å²) in [6.45, 7) is 4.55. The number of allylic oxidation sites excluding steroid dienone is 2. The summed E-state index contributed by atoms with van der Waals surface area (Å²) in [7, 11) is 1.91. The summed E-state index contributed by atoms with van der Waals surface area (Å²) >= 11 is 1.77. The van der Waals surface area contributed by atoms with Gasteiger partial charge in [-0.15, -0.1) is 11.8 Å². The van der Waals surface area contributed by atoms with Crippen molar-refractivity contribution in [3.63, 3.8) is 0 Å². The fourth-order valence-electron chi connectivity index (χ4n) is 3.92. The van der Waals surface area contributed by atoms with Crippen LogP contribution in [0.1, 0.15) is 45.1 Å². The van der Waals surface area contributed by atoms with Crippen molar-refractivity contribution in [1.29, 1.82) is 0 Å². The van der Waals surface area contributed by atoms with Gasteiger partial charge in [0.1, 0.15) is 10.8 Å². The van der Waals surface area contributed by atoms with Gasteiger partial charge in [0.25, 0.3) is 0 Å². The maximum absolute atomic E-state index is 6.53. The highest BCUT2D eigenvalue weighted by Gasteiger charge is 2.44. The molecule has 0 radical (unpaired) electrons. The lowest BCUT2D eigenvalue weighted by atomic mass is 9.66. The van der Waals surface area contributed by atoms with Crippen LogP contribution in [0.5, 0.6) is 0 Å². The van der Waals surface area contributed by atoms with E-state index in [4.69, 9.17) is 10.8 Å². The SMILES string of the molecule is CCSc1nn(-c2ccn(C)n2)c(N)c1C1=C2CCC2(C)CC1. The number of hydrogen-bond acceptors (Lipinski definition) is 4. The largest absolute Gasteiger partial charge is 0.383 e. The molecule has 2 N–H and O–H groups in total. The number of fused-ring (bicyclic) bond motifs is 1. The number of nitrogens with zero attached hydrogens (tertiary/aromatic N) is 4. The van der Waals surface area contributed by atoms with Crippen molar-refractivity contribution in [3.05, 3.63) is 23.4 Å². The third kappa shape index (κ3) is 2.15. The smallest absolute Gasteiger partial charge is 0.177 e. The lowest BCUT2D eigenvalue weighted by Crippen LogP contribution is -2.25. The van der Waals surface area contributed by atoms with Gasteiger partial charge >= 0.3 is 0 Å². The molecule has 2 aromatic rings. The Labute approximate surface area is 140 Å². The molecular weight excluding hydrogens is 306 g/mol. The molecule has 1 atom stereocenters. The molecule has 23 heavy (non-hydrogen) atoms. The van der Waals surface area contributed by atoms with Gasteiger partial charge in [-0.25, -0.2) is 0 Å². The highest BCUT2D eigenvalue weighted by atomic mass is 32.2. The molecule has 0 bridgehead atoms. The van der Waals surface area contributed by atoms with Gasteiger partial charge in [0.2, 0.25) is 0 Å². The van der Waals surface area contributed by atoms with E-state index in [1.54, 1.807) is 26.7 Å². The van der Waals surface area contributed by atoms with Crippen LogP contribution in [0.15, 0.2) is 22.9 Å². The third-order valence-corrected chi connectivity index (χ3v) is 6.18. The first kappa shape index (κ1) is 14.9. The van der Waals surface area contributed by atoms with Crippen LogP contribution < -0.4 is 5.73 Å². The molecule has 0 aliphatic heterocycles. The van der Waals surface area contributed by atoms with Crippen LogP contribution in [0.4, 0.5) is 5.82 Å². The molecule has 5 nitrogen and oxygen atoms in total. The summed E-state index contributed by atoms with van der Waals surface area (Å²) < 4.78 is 3.58. The summed E-state index contributed by atoms with van der Waals surface area (Å²) in [5, 5.41) is 10.3. The number of thioether (sulfide) groups is 1. The Morgan fingerprint density at radius 1 is 1.30 bits per heavy atom. The molecule has 0 amide bonds. The number of hydrogen-bond donors (Lipinski definition) is 1. The first-order valence-corrected chi connectivity index (χ1v) is 9.26. The minimum Gasteiger partial charge on any atom is -0.383 e. The lowest BCUT2D eigenvalue weighted by Gasteiger charge is -2.38. The Kier molecular flexibility index (Phi) is 3.34. The molecule has 1 unspecified atom stereocenters. The van der Waals surface area contributed by atoms with Crippen LogP contribution in [0.2, 0.25) is 0 Å². The molecule has 4 rings (SSSR count). The van der Waals surface area contributed by atoms with Gasteiger partial charge in [-0.2, -0.15) is 14.9 Å². The second-order valence-electron chi connectivity index (χ2n) is 6.78. The summed E-state index contributed by atoms with van der Waals surface area (Å²) in [5.74, 6) is 2.51. The Balaban J connectivity index is 1.86. The van der Waals surface area contributed by atoms with E-state index < -0.39 is 0 Å². The van der Waals surface area contributed by atoms with Gasteiger partial charge in [0, 0.05) is 19.3 Å². The zero-order valence-electron chi connectivity index (χ0n) is 14.0. The standard InChI is InChI=1S/C17H23N5S/c1-4-23-16-14(11-5-8-17(2)9-6-12(11)17)15(18)22(20-16)13-7-10-21(3)19-13/h7,10H,4-6,8-9,18H2,1-3H3. The van der Waals surface area contributed by atoms with Crippen molar-refractivity contribution in [2.45, 2.75) is 44.6 Å². The molecule has 1 saturated carbocycles. The van der Waals surface area contributed by atoms with E-state index >= 15 is 0 Å². The zero-order chi connectivity index (χ0) is 16.2. The molecule has 2 heterocycles. The van der Waals surface area contributed by atoms with Crippen molar-refractivity contribution in [2.75, 3.05) is 11.5 Å². The van der Waals surface area contributed by atoms with Crippen molar-refractivity contribution >= 4 is 23.2 Å². The van der Waals surface area contributed by atoms with Crippen LogP contribution in [0.25, 0.3) is 11.4 Å². The number of nitrogen functional groups attached to an aromatic ring is 1. The van der Waals surface area contributed by atoms with E-state index in [0.29, 0.717) is 5.41 Å². The van der Waals surface area contributed by atoms with Crippen LogP contribution in [-0.2, 0) is 7.05 Å². The monoisotopic (exact) mass is 329 g/mol. The molecule has 2 aliphatic rings. The van der Waals surface area contributed by atoms with E-state index in [0.717, 1.165) is 28.8 Å². The van der Waals surface area contributed by atoms with E-state index in [1.807, 2.05) is 19.3 Å². The highest BCUT2D eigenvalue weighted by Crippen LogP contribution is 2.59. The second kappa shape index (κ2) is 5.16. The van der Waals surface area contributed by atoms with Crippen LogP contribution in [-0.4, -0.2) is 25.3 Å². The summed E-state index contributed by atoms with van der Waals surface area (Å²) in [6, 6.07) is 1.95. The summed E-state index contributed by atoms with van der Waals surface area (Å²) in [6.07, 6.45) is 6.83. The molecule has 6 heteroatoms. The summed E-state index contributed by atoms with van der Waals surface area (Å²) in [4.78, 5) is 0. The highest BCUT2D eigenvalue weighted by molar-refractivity contribution is 7.99. The molecule has 2 aromatic heterocycles. The van der Waals surface area contributed by atoms with E-state index in [2.05, 4.69) is 18.9 Å². The number of aryl methyl sites for hydroxylation is 1. The molecule has 0 aromatic carbocycles. The first-order chi connectivity index (χ1) is 11.0. The van der Waals surface area contributed by atoms with Gasteiger partial charge in [0.15, 0.2) is 5.82 Å².